The first-order valence-electron chi connectivity index (χ1n) is 6.40. The van der Waals surface area contributed by atoms with Gasteiger partial charge in [0.1, 0.15) is 5.25 Å². The maximum atomic E-state index is 11.8. The van der Waals surface area contributed by atoms with Crippen LogP contribution in [0.1, 0.15) is 12.0 Å². The molecule has 1 heterocycles. The van der Waals surface area contributed by atoms with Gasteiger partial charge in [-0.1, -0.05) is 23.9 Å². The van der Waals surface area contributed by atoms with Crippen molar-refractivity contribution < 1.29 is 19.6 Å². The number of nitro benzene ring substituents is 1. The Balaban J connectivity index is 2.16. The number of benzene rings is 1. The number of aliphatic carboxylic acids is 1. The zero-order valence-corrected chi connectivity index (χ0v) is 12.8. The van der Waals surface area contributed by atoms with Crippen molar-refractivity contribution in [3.05, 3.63) is 39.9 Å². The van der Waals surface area contributed by atoms with Crippen molar-refractivity contribution in [3.8, 4) is 0 Å². The molecule has 0 spiro atoms. The summed E-state index contributed by atoms with van der Waals surface area (Å²) in [7, 11) is 1.47. The number of amidine groups is 1. The van der Waals surface area contributed by atoms with Gasteiger partial charge in [-0.25, -0.2) is 0 Å². The van der Waals surface area contributed by atoms with Crippen LogP contribution >= 0.6 is 11.8 Å². The second-order valence-corrected chi connectivity index (χ2v) is 5.71. The number of para-hydroxylation sites is 1. The van der Waals surface area contributed by atoms with Crippen LogP contribution in [0.15, 0.2) is 34.5 Å². The van der Waals surface area contributed by atoms with E-state index in [1.807, 2.05) is 0 Å². The Morgan fingerprint density at radius 2 is 2.22 bits per heavy atom. The third-order valence-electron chi connectivity index (χ3n) is 2.97. The Morgan fingerprint density at radius 3 is 2.87 bits per heavy atom. The van der Waals surface area contributed by atoms with Crippen molar-refractivity contribution in [2.24, 2.45) is 10.2 Å². The highest BCUT2D eigenvalue weighted by Crippen LogP contribution is 2.28. The number of nitro groups is 1. The highest BCUT2D eigenvalue weighted by molar-refractivity contribution is 8.15. The van der Waals surface area contributed by atoms with Crippen LogP contribution in [0.25, 0.3) is 0 Å². The van der Waals surface area contributed by atoms with Gasteiger partial charge in [0, 0.05) is 13.1 Å². The molecule has 0 bridgehead atoms. The summed E-state index contributed by atoms with van der Waals surface area (Å²) in [5.74, 6) is -1.44. The summed E-state index contributed by atoms with van der Waals surface area (Å²) in [5, 5.41) is 26.7. The van der Waals surface area contributed by atoms with Gasteiger partial charge in [-0.15, -0.1) is 5.10 Å². The van der Waals surface area contributed by atoms with Crippen molar-refractivity contribution in [1.82, 2.24) is 4.90 Å². The molecule has 1 atom stereocenters. The molecule has 1 N–H and O–H groups in total. The Labute approximate surface area is 134 Å². The van der Waals surface area contributed by atoms with Crippen molar-refractivity contribution in [2.75, 3.05) is 7.05 Å². The molecular weight excluding hydrogens is 324 g/mol. The molecule has 1 amide bonds. The van der Waals surface area contributed by atoms with Crippen LogP contribution in [0, 0.1) is 10.1 Å². The zero-order chi connectivity index (χ0) is 17.0. The van der Waals surface area contributed by atoms with Crippen LogP contribution < -0.4 is 0 Å². The van der Waals surface area contributed by atoms with Crippen molar-refractivity contribution in [3.63, 3.8) is 0 Å². The highest BCUT2D eigenvalue weighted by Gasteiger charge is 2.37. The minimum Gasteiger partial charge on any atom is -0.481 e. The number of carbonyl (C=O) groups is 2. The number of hydrogen-bond acceptors (Lipinski definition) is 7. The van der Waals surface area contributed by atoms with E-state index in [4.69, 9.17) is 5.11 Å². The van der Waals surface area contributed by atoms with E-state index >= 15 is 0 Å². The van der Waals surface area contributed by atoms with E-state index in [0.29, 0.717) is 0 Å². The fraction of sp³-hybridized carbons (Fsp3) is 0.231. The van der Waals surface area contributed by atoms with Crippen LogP contribution in [0.2, 0.25) is 0 Å². The van der Waals surface area contributed by atoms with Crippen LogP contribution in [-0.2, 0) is 9.59 Å². The van der Waals surface area contributed by atoms with Gasteiger partial charge in [-0.2, -0.15) is 5.10 Å². The molecule has 0 aliphatic carbocycles. The summed E-state index contributed by atoms with van der Waals surface area (Å²) >= 11 is 0.999. The number of carboxylic acids is 1. The van der Waals surface area contributed by atoms with E-state index in [0.717, 1.165) is 11.8 Å². The average molecular weight is 336 g/mol. The minimum absolute atomic E-state index is 0.108. The smallest absolute Gasteiger partial charge is 0.305 e. The summed E-state index contributed by atoms with van der Waals surface area (Å²) in [6, 6.07) is 6.03. The summed E-state index contributed by atoms with van der Waals surface area (Å²) in [6.45, 7) is 0. The molecular formula is C13H12N4O5S. The average Bonchev–Trinajstić information content (AvgIpc) is 2.75. The lowest BCUT2D eigenvalue weighted by atomic mass is 10.2. The number of hydrogen-bond donors (Lipinski definition) is 1. The van der Waals surface area contributed by atoms with Gasteiger partial charge in [0.2, 0.25) is 5.91 Å². The third-order valence-corrected chi connectivity index (χ3v) is 4.19. The minimum atomic E-state index is -1.08. The molecule has 1 saturated heterocycles. The standard InChI is InChI=1S/C13H12N4O5S/c1-16-12(20)10(6-11(18)19)23-13(16)15-14-7-8-4-2-3-5-9(8)17(21)22/h2-5,7,10H,6H2,1H3,(H,18,19)/b14-7+,15-13-. The van der Waals surface area contributed by atoms with Gasteiger partial charge in [0.25, 0.3) is 5.69 Å². The Kier molecular flexibility index (Phi) is 5.06. The first-order valence-corrected chi connectivity index (χ1v) is 7.28. The van der Waals surface area contributed by atoms with Crippen LogP contribution in [0.4, 0.5) is 5.69 Å². The van der Waals surface area contributed by atoms with Crippen LogP contribution in [-0.4, -0.2) is 50.5 Å². The molecule has 0 aromatic heterocycles. The van der Waals surface area contributed by atoms with E-state index in [-0.39, 0.29) is 28.7 Å². The number of amides is 1. The fourth-order valence-corrected chi connectivity index (χ4v) is 2.93. The van der Waals surface area contributed by atoms with Gasteiger partial charge >= 0.3 is 5.97 Å². The van der Waals surface area contributed by atoms with Crippen LogP contribution in [0.3, 0.4) is 0 Å². The molecule has 2 rings (SSSR count). The van der Waals surface area contributed by atoms with Crippen LogP contribution in [0.5, 0.6) is 0 Å². The second-order valence-electron chi connectivity index (χ2n) is 4.54. The van der Waals surface area contributed by atoms with Gasteiger partial charge in [-0.3, -0.25) is 24.6 Å². The Hall–Kier alpha value is -2.75. The maximum absolute atomic E-state index is 11.8. The molecule has 0 radical (unpaired) electrons. The zero-order valence-electron chi connectivity index (χ0n) is 11.9. The Morgan fingerprint density at radius 1 is 1.52 bits per heavy atom. The normalized spacial score (nSPS) is 19.7. The van der Waals surface area contributed by atoms with E-state index in [2.05, 4.69) is 10.2 Å². The first-order chi connectivity index (χ1) is 10.9. The van der Waals surface area contributed by atoms with Gasteiger partial charge in [0.15, 0.2) is 5.17 Å². The molecule has 1 fully saturated rings. The largest absolute Gasteiger partial charge is 0.481 e. The second kappa shape index (κ2) is 7.01. The molecule has 1 unspecified atom stereocenters. The molecule has 9 nitrogen and oxygen atoms in total. The van der Waals surface area contributed by atoms with Gasteiger partial charge < -0.3 is 5.11 Å². The molecule has 0 saturated carbocycles. The summed E-state index contributed by atoms with van der Waals surface area (Å²) < 4.78 is 0. The van der Waals surface area contributed by atoms with Crippen molar-refractivity contribution in [1.29, 1.82) is 0 Å². The number of nitrogens with zero attached hydrogens (tertiary/aromatic N) is 4. The fourth-order valence-electron chi connectivity index (χ4n) is 1.85. The topological polar surface area (TPSA) is 125 Å². The van der Waals surface area contributed by atoms with E-state index in [1.165, 1.54) is 36.4 Å². The first kappa shape index (κ1) is 16.6. The summed E-state index contributed by atoms with van der Waals surface area (Å²) in [6.07, 6.45) is 0.912. The van der Waals surface area contributed by atoms with Crippen molar-refractivity contribution in [2.45, 2.75) is 11.7 Å². The lowest BCUT2D eigenvalue weighted by Gasteiger charge is -2.06. The van der Waals surface area contributed by atoms with E-state index in [1.54, 1.807) is 6.07 Å². The molecule has 1 aliphatic rings. The SMILES string of the molecule is CN1C(=O)C(CC(=O)O)S/C1=N\N=C\c1ccccc1[N+](=O)[O-]. The number of carboxylic acid groups (broad SMARTS) is 1. The number of rotatable bonds is 5. The number of carbonyl (C=O) groups excluding carboxylic acids is 1. The molecule has 23 heavy (non-hydrogen) atoms. The predicted molar refractivity (Wildman–Crippen MR) is 84.5 cm³/mol. The maximum Gasteiger partial charge on any atom is 0.305 e. The van der Waals surface area contributed by atoms with Gasteiger partial charge in [0.05, 0.1) is 23.1 Å². The summed E-state index contributed by atoms with van der Waals surface area (Å²) in [4.78, 5) is 34.1. The van der Waals surface area contributed by atoms with E-state index < -0.39 is 16.1 Å². The number of thioether (sulfide) groups is 1. The van der Waals surface area contributed by atoms with Gasteiger partial charge in [-0.05, 0) is 6.07 Å². The lowest BCUT2D eigenvalue weighted by molar-refractivity contribution is -0.385. The third kappa shape index (κ3) is 3.92. The molecule has 1 aromatic rings. The quantitative estimate of drug-likeness (QED) is 0.491. The molecule has 1 aliphatic heterocycles. The van der Waals surface area contributed by atoms with E-state index in [9.17, 15) is 19.7 Å². The molecule has 120 valence electrons. The highest BCUT2D eigenvalue weighted by atomic mass is 32.2. The molecule has 10 heteroatoms. The molecule has 1 aromatic carbocycles. The lowest BCUT2D eigenvalue weighted by Crippen LogP contribution is -2.28. The Bertz CT molecular complexity index is 718. The predicted octanol–water partition coefficient (Wildman–Crippen LogP) is 1.33. The van der Waals surface area contributed by atoms with Crippen molar-refractivity contribution >= 4 is 40.7 Å². The monoisotopic (exact) mass is 336 g/mol. The summed E-state index contributed by atoms with van der Waals surface area (Å²) in [5.41, 5.74) is 0.171.